The van der Waals surface area contributed by atoms with Crippen molar-refractivity contribution in [1.82, 2.24) is 4.57 Å². The van der Waals surface area contributed by atoms with Crippen molar-refractivity contribution in [2.75, 3.05) is 13.7 Å². The summed E-state index contributed by atoms with van der Waals surface area (Å²) in [5.74, 6) is -0.390. The van der Waals surface area contributed by atoms with Crippen molar-refractivity contribution in [3.05, 3.63) is 47.2 Å². The molecule has 0 saturated carbocycles. The molecule has 4 nitrogen and oxygen atoms in total. The molecule has 0 radical (unpaired) electrons. The standard InChI is InChI=1S/C21H30N2O2/c1-5-6-7-8-17-9-11-18(12-10-17)20-13-19(21(22)24)16(3)23(20)15(2)14-25-4/h9-13,15H,5-8,14H2,1-4H3,(H2,22,24). The molecule has 1 heterocycles. The van der Waals surface area contributed by atoms with Crippen LogP contribution in [0.5, 0.6) is 0 Å². The first-order chi connectivity index (χ1) is 12.0. The molecule has 2 N–H and O–H groups in total. The van der Waals surface area contributed by atoms with E-state index in [1.165, 1.54) is 24.8 Å². The van der Waals surface area contributed by atoms with Gasteiger partial charge in [0.1, 0.15) is 0 Å². The van der Waals surface area contributed by atoms with Crippen LogP contribution in [0.3, 0.4) is 0 Å². The van der Waals surface area contributed by atoms with Crippen LogP contribution in [0.15, 0.2) is 30.3 Å². The number of amides is 1. The highest BCUT2D eigenvalue weighted by Gasteiger charge is 2.20. The van der Waals surface area contributed by atoms with E-state index < -0.39 is 5.91 Å². The maximum atomic E-state index is 11.8. The molecule has 1 unspecified atom stereocenters. The molecule has 136 valence electrons. The highest BCUT2D eigenvalue weighted by atomic mass is 16.5. The summed E-state index contributed by atoms with van der Waals surface area (Å²) < 4.78 is 7.46. The van der Waals surface area contributed by atoms with Gasteiger partial charge in [0.2, 0.25) is 0 Å². The Morgan fingerprint density at radius 3 is 2.48 bits per heavy atom. The zero-order valence-corrected chi connectivity index (χ0v) is 15.8. The van der Waals surface area contributed by atoms with Crippen molar-refractivity contribution in [3.8, 4) is 11.3 Å². The Kier molecular flexibility index (Phi) is 6.82. The average Bonchev–Trinajstić information content (AvgIpc) is 2.93. The SMILES string of the molecule is CCCCCc1ccc(-c2cc(C(N)=O)c(C)n2C(C)COC)cc1. The lowest BCUT2D eigenvalue weighted by molar-refractivity contribution is 0.0999. The zero-order valence-electron chi connectivity index (χ0n) is 15.8. The molecular formula is C21H30N2O2. The molecule has 0 aliphatic rings. The van der Waals surface area contributed by atoms with E-state index in [2.05, 4.69) is 42.7 Å². The summed E-state index contributed by atoms with van der Waals surface area (Å²) >= 11 is 0. The quantitative estimate of drug-likeness (QED) is 0.682. The van der Waals surface area contributed by atoms with E-state index in [0.717, 1.165) is 23.4 Å². The second kappa shape index (κ2) is 8.86. The number of unbranched alkanes of at least 4 members (excludes halogenated alkanes) is 2. The lowest BCUT2D eigenvalue weighted by Gasteiger charge is -2.19. The van der Waals surface area contributed by atoms with E-state index >= 15 is 0 Å². The average molecular weight is 342 g/mol. The Morgan fingerprint density at radius 1 is 1.24 bits per heavy atom. The maximum Gasteiger partial charge on any atom is 0.250 e. The van der Waals surface area contributed by atoms with Crippen LogP contribution in [0.1, 0.15) is 60.8 Å². The van der Waals surface area contributed by atoms with Crippen LogP contribution in [-0.2, 0) is 11.2 Å². The number of carbonyl (C=O) groups is 1. The van der Waals surface area contributed by atoms with E-state index in [4.69, 9.17) is 10.5 Å². The van der Waals surface area contributed by atoms with Gasteiger partial charge in [-0.25, -0.2) is 0 Å². The topological polar surface area (TPSA) is 57.2 Å². The maximum absolute atomic E-state index is 11.8. The van der Waals surface area contributed by atoms with Crippen LogP contribution in [0.25, 0.3) is 11.3 Å². The van der Waals surface area contributed by atoms with Crippen LogP contribution >= 0.6 is 0 Å². The van der Waals surface area contributed by atoms with Crippen molar-refractivity contribution >= 4 is 5.91 Å². The number of nitrogens with zero attached hydrogens (tertiary/aromatic N) is 1. The number of carbonyl (C=O) groups excluding carboxylic acids is 1. The van der Waals surface area contributed by atoms with Gasteiger partial charge in [0.25, 0.3) is 5.91 Å². The summed E-state index contributed by atoms with van der Waals surface area (Å²) in [6, 6.07) is 10.7. The second-order valence-electron chi connectivity index (χ2n) is 6.72. The minimum absolute atomic E-state index is 0.123. The highest BCUT2D eigenvalue weighted by Crippen LogP contribution is 2.30. The van der Waals surface area contributed by atoms with Crippen molar-refractivity contribution in [2.45, 2.75) is 52.5 Å². The molecule has 1 aromatic carbocycles. The van der Waals surface area contributed by atoms with Gasteiger partial charge in [-0.15, -0.1) is 0 Å². The fraction of sp³-hybridized carbons (Fsp3) is 0.476. The van der Waals surface area contributed by atoms with E-state index in [9.17, 15) is 4.79 Å². The summed E-state index contributed by atoms with van der Waals surface area (Å²) in [6.07, 6.45) is 4.83. The number of methoxy groups -OCH3 is 1. The smallest absolute Gasteiger partial charge is 0.250 e. The molecule has 0 fully saturated rings. The van der Waals surface area contributed by atoms with Crippen molar-refractivity contribution in [2.24, 2.45) is 5.73 Å². The van der Waals surface area contributed by atoms with Crippen LogP contribution in [-0.4, -0.2) is 24.2 Å². The van der Waals surface area contributed by atoms with Crippen molar-refractivity contribution in [1.29, 1.82) is 0 Å². The van der Waals surface area contributed by atoms with Crippen LogP contribution in [0.2, 0.25) is 0 Å². The Balaban J connectivity index is 2.36. The van der Waals surface area contributed by atoms with Crippen LogP contribution in [0, 0.1) is 6.92 Å². The van der Waals surface area contributed by atoms with Gasteiger partial charge in [0.15, 0.2) is 0 Å². The number of ether oxygens (including phenoxy) is 1. The molecule has 1 atom stereocenters. The van der Waals surface area contributed by atoms with Crippen LogP contribution < -0.4 is 5.73 Å². The van der Waals surface area contributed by atoms with Gasteiger partial charge in [-0.2, -0.15) is 0 Å². The molecule has 1 amide bonds. The molecule has 0 bridgehead atoms. The summed E-state index contributed by atoms with van der Waals surface area (Å²) in [4.78, 5) is 11.8. The molecule has 0 aliphatic heterocycles. The minimum atomic E-state index is -0.390. The molecule has 0 saturated heterocycles. The molecule has 0 spiro atoms. The molecule has 2 rings (SSSR count). The molecular weight excluding hydrogens is 312 g/mol. The molecule has 1 aromatic heterocycles. The molecule has 0 aliphatic carbocycles. The van der Waals surface area contributed by atoms with Gasteiger partial charge in [-0.05, 0) is 43.9 Å². The second-order valence-corrected chi connectivity index (χ2v) is 6.72. The first-order valence-corrected chi connectivity index (χ1v) is 9.09. The fourth-order valence-corrected chi connectivity index (χ4v) is 3.40. The van der Waals surface area contributed by atoms with E-state index in [1.54, 1.807) is 7.11 Å². The molecule has 4 heteroatoms. The third-order valence-corrected chi connectivity index (χ3v) is 4.72. The predicted molar refractivity (Wildman–Crippen MR) is 103 cm³/mol. The Morgan fingerprint density at radius 2 is 1.92 bits per heavy atom. The zero-order chi connectivity index (χ0) is 18.4. The largest absolute Gasteiger partial charge is 0.383 e. The summed E-state index contributed by atoms with van der Waals surface area (Å²) in [7, 11) is 1.69. The van der Waals surface area contributed by atoms with Gasteiger partial charge in [0.05, 0.1) is 18.2 Å². The number of hydrogen-bond donors (Lipinski definition) is 1. The van der Waals surface area contributed by atoms with Crippen LogP contribution in [0.4, 0.5) is 0 Å². The molecule has 25 heavy (non-hydrogen) atoms. The van der Waals surface area contributed by atoms with Gasteiger partial charge >= 0.3 is 0 Å². The Labute approximate surface area is 151 Å². The number of hydrogen-bond acceptors (Lipinski definition) is 2. The third kappa shape index (κ3) is 4.51. The number of rotatable bonds is 9. The van der Waals surface area contributed by atoms with Gasteiger partial charge in [-0.3, -0.25) is 4.79 Å². The van der Waals surface area contributed by atoms with Crippen molar-refractivity contribution < 1.29 is 9.53 Å². The van der Waals surface area contributed by atoms with E-state index in [0.29, 0.717) is 12.2 Å². The van der Waals surface area contributed by atoms with Gasteiger partial charge in [-0.1, -0.05) is 44.0 Å². The monoisotopic (exact) mass is 342 g/mol. The lowest BCUT2D eigenvalue weighted by atomic mass is 10.0. The number of aromatic nitrogens is 1. The first-order valence-electron chi connectivity index (χ1n) is 9.09. The fourth-order valence-electron chi connectivity index (χ4n) is 3.40. The third-order valence-electron chi connectivity index (χ3n) is 4.72. The number of benzene rings is 1. The summed E-state index contributed by atoms with van der Waals surface area (Å²) in [5, 5.41) is 0. The minimum Gasteiger partial charge on any atom is -0.383 e. The number of aryl methyl sites for hydroxylation is 1. The normalized spacial score (nSPS) is 12.3. The Bertz CT molecular complexity index is 701. The first kappa shape index (κ1) is 19.3. The number of nitrogens with two attached hydrogens (primary N) is 1. The predicted octanol–water partition coefficient (Wildman–Crippen LogP) is 4.50. The Hall–Kier alpha value is -2.07. The van der Waals surface area contributed by atoms with E-state index in [1.807, 2.05) is 13.0 Å². The summed E-state index contributed by atoms with van der Waals surface area (Å²) in [5.41, 5.74) is 10.5. The van der Waals surface area contributed by atoms with Gasteiger partial charge in [0, 0.05) is 18.5 Å². The lowest BCUT2D eigenvalue weighted by Crippen LogP contribution is -2.16. The molecule has 2 aromatic rings. The summed E-state index contributed by atoms with van der Waals surface area (Å²) in [6.45, 7) is 6.83. The van der Waals surface area contributed by atoms with E-state index in [-0.39, 0.29) is 6.04 Å². The number of primary amides is 1. The highest BCUT2D eigenvalue weighted by molar-refractivity contribution is 5.95. The van der Waals surface area contributed by atoms with Crippen molar-refractivity contribution in [3.63, 3.8) is 0 Å². The van der Waals surface area contributed by atoms with Gasteiger partial charge < -0.3 is 15.0 Å².